The number of sulfonamides is 1. The maximum absolute atomic E-state index is 13.0. The Morgan fingerprint density at radius 1 is 1.06 bits per heavy atom. The summed E-state index contributed by atoms with van der Waals surface area (Å²) < 4.78 is 39.0. The van der Waals surface area contributed by atoms with Crippen LogP contribution in [-0.4, -0.2) is 32.0 Å². The summed E-state index contributed by atoms with van der Waals surface area (Å²) in [4.78, 5) is 22.2. The molecule has 0 spiro atoms. The number of rotatable bonds is 7. The lowest BCUT2D eigenvalue weighted by Crippen LogP contribution is -2.48. The van der Waals surface area contributed by atoms with Crippen molar-refractivity contribution in [2.45, 2.75) is 31.2 Å². The SMILES string of the molecule is COc1ccc(-c2c#cccc2Oc2ccc([N+](=O)[O-])cc2S(=O)(=O)NC(=O)NC(C)(C)C)cc1. The molecule has 11 heteroatoms. The first kappa shape index (κ1) is 25.3. The van der Waals surface area contributed by atoms with Crippen LogP contribution in [-0.2, 0) is 10.0 Å². The van der Waals surface area contributed by atoms with Gasteiger partial charge in [-0.3, -0.25) is 10.1 Å². The van der Waals surface area contributed by atoms with Crippen LogP contribution in [0, 0.1) is 22.2 Å². The van der Waals surface area contributed by atoms with Crippen molar-refractivity contribution in [1.82, 2.24) is 10.0 Å². The summed E-state index contributed by atoms with van der Waals surface area (Å²) >= 11 is 0. The largest absolute Gasteiger partial charge is 0.497 e. The summed E-state index contributed by atoms with van der Waals surface area (Å²) in [5, 5.41) is 13.8. The number of nitro groups is 1. The summed E-state index contributed by atoms with van der Waals surface area (Å²) in [7, 11) is -3.01. The molecule has 0 aliphatic carbocycles. The minimum atomic E-state index is -4.55. The summed E-state index contributed by atoms with van der Waals surface area (Å²) in [6.45, 7) is 5.01. The average Bonchev–Trinajstić information content (AvgIpc) is 2.78. The first-order chi connectivity index (χ1) is 16.4. The van der Waals surface area contributed by atoms with Gasteiger partial charge in [0.2, 0.25) is 0 Å². The van der Waals surface area contributed by atoms with Crippen molar-refractivity contribution in [1.29, 1.82) is 0 Å². The van der Waals surface area contributed by atoms with E-state index in [1.807, 2.05) is 4.72 Å². The number of carbonyl (C=O) groups is 1. The van der Waals surface area contributed by atoms with Crippen molar-refractivity contribution in [3.05, 3.63) is 76.8 Å². The van der Waals surface area contributed by atoms with E-state index in [9.17, 15) is 23.3 Å². The zero-order valence-corrected chi connectivity index (χ0v) is 20.2. The predicted molar refractivity (Wildman–Crippen MR) is 128 cm³/mol. The molecular weight excluding hydrogens is 474 g/mol. The molecule has 182 valence electrons. The van der Waals surface area contributed by atoms with Crippen LogP contribution in [0.4, 0.5) is 10.5 Å². The van der Waals surface area contributed by atoms with Crippen LogP contribution < -0.4 is 19.5 Å². The van der Waals surface area contributed by atoms with Gasteiger partial charge in [0.1, 0.15) is 22.1 Å². The lowest BCUT2D eigenvalue weighted by Gasteiger charge is -2.21. The Hall–Kier alpha value is -4.30. The number of carbonyl (C=O) groups excluding carboxylic acids is 1. The highest BCUT2D eigenvalue weighted by Gasteiger charge is 2.27. The molecule has 3 rings (SSSR count). The van der Waals surface area contributed by atoms with E-state index in [1.54, 1.807) is 51.1 Å². The number of non-ortho nitro benzene ring substituents is 1. The molecule has 0 aliphatic heterocycles. The van der Waals surface area contributed by atoms with Crippen molar-refractivity contribution in [3.63, 3.8) is 0 Å². The van der Waals surface area contributed by atoms with Gasteiger partial charge in [0.15, 0.2) is 0 Å². The highest BCUT2D eigenvalue weighted by atomic mass is 32.2. The summed E-state index contributed by atoms with van der Waals surface area (Å²) in [5.74, 6) is 0.638. The predicted octanol–water partition coefficient (Wildman–Crippen LogP) is 4.45. The summed E-state index contributed by atoms with van der Waals surface area (Å²) in [5.41, 5.74) is -0.0511. The van der Waals surface area contributed by atoms with Crippen LogP contribution in [0.2, 0.25) is 0 Å². The molecule has 35 heavy (non-hydrogen) atoms. The molecule has 0 saturated heterocycles. The van der Waals surface area contributed by atoms with E-state index >= 15 is 0 Å². The van der Waals surface area contributed by atoms with Crippen LogP contribution in [0.3, 0.4) is 0 Å². The normalized spacial score (nSPS) is 11.2. The molecule has 0 aliphatic rings. The fourth-order valence-corrected chi connectivity index (χ4v) is 4.06. The summed E-state index contributed by atoms with van der Waals surface area (Å²) in [6, 6.07) is 17.9. The van der Waals surface area contributed by atoms with Gasteiger partial charge in [0.05, 0.1) is 17.6 Å². The second-order valence-electron chi connectivity index (χ2n) is 8.37. The third kappa shape index (κ3) is 6.39. The van der Waals surface area contributed by atoms with Crippen LogP contribution in [0.1, 0.15) is 20.8 Å². The number of hydrogen-bond acceptors (Lipinski definition) is 7. The number of urea groups is 1. The lowest BCUT2D eigenvalue weighted by molar-refractivity contribution is -0.385. The molecule has 0 unspecified atom stereocenters. The number of nitrogens with zero attached hydrogens (tertiary/aromatic N) is 1. The second kappa shape index (κ2) is 9.90. The van der Waals surface area contributed by atoms with Crippen LogP contribution >= 0.6 is 0 Å². The van der Waals surface area contributed by atoms with Gasteiger partial charge in [0.25, 0.3) is 15.7 Å². The smallest absolute Gasteiger partial charge is 0.329 e. The number of methoxy groups -OCH3 is 1. The molecule has 2 amide bonds. The highest BCUT2D eigenvalue weighted by Crippen LogP contribution is 2.36. The third-order valence-corrected chi connectivity index (χ3v) is 5.86. The van der Waals surface area contributed by atoms with Gasteiger partial charge >= 0.3 is 6.03 Å². The molecule has 0 aromatic heterocycles. The molecule has 10 nitrogen and oxygen atoms in total. The number of hydrogen-bond donors (Lipinski definition) is 2. The van der Waals surface area contributed by atoms with E-state index in [4.69, 9.17) is 9.47 Å². The Balaban J connectivity index is 2.04. The fraction of sp³-hybridized carbons (Fsp3) is 0.208. The van der Waals surface area contributed by atoms with Crippen LogP contribution in [0.15, 0.2) is 59.5 Å². The molecule has 0 radical (unpaired) electrons. The number of ether oxygens (including phenoxy) is 2. The van der Waals surface area contributed by atoms with E-state index in [-0.39, 0.29) is 11.5 Å². The Bertz CT molecular complexity index is 1350. The van der Waals surface area contributed by atoms with E-state index in [0.29, 0.717) is 16.9 Å². The molecular formula is C24H23N3O7S. The Morgan fingerprint density at radius 2 is 1.74 bits per heavy atom. The molecule has 2 N–H and O–H groups in total. The average molecular weight is 498 g/mol. The van der Waals surface area contributed by atoms with Crippen LogP contribution in [0.5, 0.6) is 17.2 Å². The first-order valence-corrected chi connectivity index (χ1v) is 11.8. The standard InChI is InChI=1S/C24H23N3O7S/c1-24(2,3)25-23(28)26-35(31,32)22-15-17(27(29)30)11-14-21(22)34-20-8-6-5-7-19(20)16-9-12-18(33-4)13-10-16/h6,8-15H,1-4H3,(H2,25,26,28). The zero-order chi connectivity index (χ0) is 25.8. The Labute approximate surface area is 203 Å². The van der Waals surface area contributed by atoms with Crippen molar-refractivity contribution in [2.75, 3.05) is 7.11 Å². The fourth-order valence-electron chi connectivity index (χ4n) is 3.00. The van der Waals surface area contributed by atoms with Gasteiger partial charge in [-0.25, -0.2) is 17.9 Å². The monoisotopic (exact) mass is 497 g/mol. The van der Waals surface area contributed by atoms with E-state index in [1.165, 1.54) is 13.2 Å². The molecule has 0 atom stereocenters. The summed E-state index contributed by atoms with van der Waals surface area (Å²) in [6.07, 6.45) is 0. The quantitative estimate of drug-likeness (QED) is 0.363. The van der Waals surface area contributed by atoms with Crippen molar-refractivity contribution < 1.29 is 27.6 Å². The highest BCUT2D eigenvalue weighted by molar-refractivity contribution is 7.90. The molecule has 0 fully saturated rings. The van der Waals surface area contributed by atoms with Crippen molar-refractivity contribution >= 4 is 21.7 Å². The number of nitro benzene ring substituents is 1. The minimum Gasteiger partial charge on any atom is -0.497 e. The number of amides is 2. The Morgan fingerprint density at radius 3 is 2.34 bits per heavy atom. The maximum atomic E-state index is 13.0. The van der Waals surface area contributed by atoms with Gasteiger partial charge in [-0.05, 0) is 68.8 Å². The molecule has 3 aromatic carbocycles. The van der Waals surface area contributed by atoms with E-state index in [2.05, 4.69) is 17.4 Å². The van der Waals surface area contributed by atoms with E-state index in [0.717, 1.165) is 18.2 Å². The van der Waals surface area contributed by atoms with Crippen molar-refractivity contribution in [2.24, 2.45) is 0 Å². The molecule has 0 heterocycles. The molecule has 3 aromatic rings. The second-order valence-corrected chi connectivity index (χ2v) is 10.0. The topological polar surface area (TPSA) is 137 Å². The molecule has 0 saturated carbocycles. The number of benzene rings is 2. The van der Waals surface area contributed by atoms with E-state index < -0.39 is 37.1 Å². The van der Waals surface area contributed by atoms with Gasteiger partial charge in [-0.1, -0.05) is 12.1 Å². The lowest BCUT2D eigenvalue weighted by atomic mass is 10.1. The van der Waals surface area contributed by atoms with Gasteiger partial charge in [-0.15, -0.1) is 0 Å². The maximum Gasteiger partial charge on any atom is 0.329 e. The van der Waals surface area contributed by atoms with Gasteiger partial charge in [0, 0.05) is 17.7 Å². The Kier molecular flexibility index (Phi) is 7.17. The molecule has 0 bridgehead atoms. The third-order valence-electron chi connectivity index (χ3n) is 4.50. The number of nitrogens with one attached hydrogen (secondary N) is 2. The van der Waals surface area contributed by atoms with Crippen LogP contribution in [0.25, 0.3) is 11.1 Å². The minimum absolute atomic E-state index is 0.221. The zero-order valence-electron chi connectivity index (χ0n) is 19.4. The van der Waals surface area contributed by atoms with Gasteiger partial charge < -0.3 is 14.8 Å². The van der Waals surface area contributed by atoms with Crippen molar-refractivity contribution in [3.8, 4) is 28.4 Å². The van der Waals surface area contributed by atoms with Gasteiger partial charge in [-0.2, -0.15) is 0 Å². The first-order valence-electron chi connectivity index (χ1n) is 10.3.